The van der Waals surface area contributed by atoms with Gasteiger partial charge in [0.15, 0.2) is 0 Å². The van der Waals surface area contributed by atoms with E-state index in [0.29, 0.717) is 24.3 Å². The Kier molecular flexibility index (Phi) is 5.99. The highest BCUT2D eigenvalue weighted by Gasteiger charge is 2.33. The quantitative estimate of drug-likeness (QED) is 0.680. The molecule has 2 fully saturated rings. The Morgan fingerprint density at radius 2 is 1.94 bits per heavy atom. The van der Waals surface area contributed by atoms with Gasteiger partial charge >= 0.3 is 6.36 Å². The van der Waals surface area contributed by atoms with Crippen molar-refractivity contribution in [1.29, 1.82) is 0 Å². The maximum atomic E-state index is 12.6. The highest BCUT2D eigenvalue weighted by atomic mass is 19.4. The van der Waals surface area contributed by atoms with E-state index in [9.17, 15) is 18.0 Å². The zero-order chi connectivity index (χ0) is 22.0. The van der Waals surface area contributed by atoms with E-state index in [1.54, 1.807) is 12.0 Å². The molecule has 7 nitrogen and oxygen atoms in total. The zero-order valence-electron chi connectivity index (χ0n) is 17.0. The fourth-order valence-corrected chi connectivity index (χ4v) is 3.58. The molecule has 31 heavy (non-hydrogen) atoms. The fraction of sp³-hybridized carbons (Fsp3) is 0.476. The second-order valence-electron chi connectivity index (χ2n) is 7.78. The summed E-state index contributed by atoms with van der Waals surface area (Å²) < 4.78 is 47.1. The van der Waals surface area contributed by atoms with E-state index in [2.05, 4.69) is 20.0 Å². The molecule has 2 heterocycles. The third-order valence-corrected chi connectivity index (χ3v) is 5.38. The Bertz CT molecular complexity index is 932. The largest absolute Gasteiger partial charge is 0.573 e. The summed E-state index contributed by atoms with van der Waals surface area (Å²) in [7, 11) is 1.60. The van der Waals surface area contributed by atoms with Crippen LogP contribution in [0.2, 0.25) is 0 Å². The van der Waals surface area contributed by atoms with Crippen LogP contribution in [0.25, 0.3) is 0 Å². The number of aromatic nitrogens is 2. The van der Waals surface area contributed by atoms with Crippen molar-refractivity contribution in [3.63, 3.8) is 0 Å². The van der Waals surface area contributed by atoms with Crippen LogP contribution in [0, 0.1) is 0 Å². The number of methoxy groups -OCH3 is 1. The van der Waals surface area contributed by atoms with Gasteiger partial charge in [-0.2, -0.15) is 0 Å². The molecule has 1 aliphatic carbocycles. The van der Waals surface area contributed by atoms with Gasteiger partial charge in [0.05, 0.1) is 18.2 Å². The van der Waals surface area contributed by atoms with Gasteiger partial charge in [-0.3, -0.25) is 4.79 Å². The monoisotopic (exact) mass is 436 g/mol. The normalized spacial score (nSPS) is 18.5. The predicted octanol–water partition coefficient (Wildman–Crippen LogP) is 3.73. The molecule has 0 bridgehead atoms. The number of carbonyl (C=O) groups excluding carboxylic acids is 1. The molecule has 0 spiro atoms. The Morgan fingerprint density at radius 1 is 1.19 bits per heavy atom. The number of likely N-dealkylation sites (tertiary alicyclic amines) is 1. The molecular formula is C21H23F3N4O3. The number of nitrogens with zero attached hydrogens (tertiary/aromatic N) is 3. The molecule has 1 atom stereocenters. The van der Waals surface area contributed by atoms with Crippen LogP contribution < -0.4 is 10.1 Å². The standard InChI is InChI=1S/C21H23F3N4O3/c1-30-12-17-4-5-28(17)19(29)16-10-26-20(27-11-16)25-9-13-6-15(14-2-3-14)8-18(7-13)31-21(22,23)24/h6-8,10-11,14,17H,2-5,9,12H2,1H3,(H,25,26,27). The number of rotatable bonds is 8. The summed E-state index contributed by atoms with van der Waals surface area (Å²) in [5.74, 6) is 0.186. The molecule has 1 saturated heterocycles. The van der Waals surface area contributed by atoms with Crippen molar-refractivity contribution < 1.29 is 27.4 Å². The van der Waals surface area contributed by atoms with E-state index in [-0.39, 0.29) is 36.1 Å². The minimum Gasteiger partial charge on any atom is -0.406 e. The number of anilines is 1. The van der Waals surface area contributed by atoms with Crippen LogP contribution in [0.4, 0.5) is 19.1 Å². The minimum absolute atomic E-state index is 0.0714. The Hall–Kier alpha value is -2.88. The first-order valence-corrected chi connectivity index (χ1v) is 10.1. The molecule has 1 aliphatic heterocycles. The summed E-state index contributed by atoms with van der Waals surface area (Å²) in [6, 6.07) is 4.73. The third kappa shape index (κ3) is 5.43. The van der Waals surface area contributed by atoms with Crippen LogP contribution in [0.3, 0.4) is 0 Å². The van der Waals surface area contributed by atoms with Crippen LogP contribution in [-0.2, 0) is 11.3 Å². The number of amides is 1. The van der Waals surface area contributed by atoms with Gasteiger partial charge in [0.2, 0.25) is 5.95 Å². The number of carbonyl (C=O) groups is 1. The molecule has 1 aromatic carbocycles. The molecule has 1 saturated carbocycles. The van der Waals surface area contributed by atoms with E-state index < -0.39 is 6.36 Å². The molecule has 2 aliphatic rings. The second-order valence-corrected chi connectivity index (χ2v) is 7.78. The van der Waals surface area contributed by atoms with Gasteiger partial charge in [0.1, 0.15) is 5.75 Å². The number of alkyl halides is 3. The lowest BCUT2D eigenvalue weighted by Crippen LogP contribution is -2.53. The summed E-state index contributed by atoms with van der Waals surface area (Å²) in [6.07, 6.45) is 0.973. The molecule has 0 radical (unpaired) electrons. The first-order chi connectivity index (χ1) is 14.8. The maximum absolute atomic E-state index is 12.6. The summed E-state index contributed by atoms with van der Waals surface area (Å²) in [4.78, 5) is 22.6. The van der Waals surface area contributed by atoms with Crippen LogP contribution in [0.15, 0.2) is 30.6 Å². The summed E-state index contributed by atoms with van der Waals surface area (Å²) in [5, 5.41) is 2.99. The van der Waals surface area contributed by atoms with Crippen LogP contribution in [0.5, 0.6) is 5.75 Å². The smallest absolute Gasteiger partial charge is 0.406 e. The predicted molar refractivity (Wildman–Crippen MR) is 106 cm³/mol. The van der Waals surface area contributed by atoms with Crippen molar-refractivity contribution >= 4 is 11.9 Å². The molecule has 10 heteroatoms. The van der Waals surface area contributed by atoms with Gasteiger partial charge in [-0.1, -0.05) is 6.07 Å². The molecular weight excluding hydrogens is 413 g/mol. The zero-order valence-corrected chi connectivity index (χ0v) is 17.0. The van der Waals surface area contributed by atoms with E-state index >= 15 is 0 Å². The van der Waals surface area contributed by atoms with Crippen molar-refractivity contribution in [1.82, 2.24) is 14.9 Å². The van der Waals surface area contributed by atoms with Crippen LogP contribution in [-0.4, -0.2) is 53.4 Å². The van der Waals surface area contributed by atoms with E-state index in [4.69, 9.17) is 4.74 Å². The number of hydrogen-bond acceptors (Lipinski definition) is 6. The lowest BCUT2D eigenvalue weighted by molar-refractivity contribution is -0.274. The van der Waals surface area contributed by atoms with Gasteiger partial charge < -0.3 is 19.7 Å². The van der Waals surface area contributed by atoms with Gasteiger partial charge in [0, 0.05) is 32.6 Å². The van der Waals surface area contributed by atoms with E-state index in [0.717, 1.165) is 24.8 Å². The number of nitrogens with one attached hydrogen (secondary N) is 1. The van der Waals surface area contributed by atoms with Crippen molar-refractivity contribution in [3.8, 4) is 5.75 Å². The average Bonchev–Trinajstić information content (AvgIpc) is 3.54. The SMILES string of the molecule is COCC1CCN1C(=O)c1cnc(NCc2cc(OC(F)(F)F)cc(C3CC3)c2)nc1. The third-order valence-electron chi connectivity index (χ3n) is 5.38. The number of benzene rings is 1. The van der Waals surface area contributed by atoms with Crippen molar-refractivity contribution in [2.24, 2.45) is 0 Å². The van der Waals surface area contributed by atoms with Gasteiger partial charge in [0.25, 0.3) is 5.91 Å². The van der Waals surface area contributed by atoms with Crippen LogP contribution >= 0.6 is 0 Å². The van der Waals surface area contributed by atoms with E-state index in [1.807, 2.05) is 6.07 Å². The van der Waals surface area contributed by atoms with Crippen molar-refractivity contribution in [2.45, 2.75) is 44.1 Å². The second kappa shape index (κ2) is 8.70. The molecule has 1 N–H and O–H groups in total. The van der Waals surface area contributed by atoms with Gasteiger partial charge in [-0.15, -0.1) is 13.2 Å². The van der Waals surface area contributed by atoms with E-state index in [1.165, 1.54) is 24.5 Å². The van der Waals surface area contributed by atoms with Crippen molar-refractivity contribution in [2.75, 3.05) is 25.6 Å². The molecule has 1 aromatic heterocycles. The molecule has 1 unspecified atom stereocenters. The minimum atomic E-state index is -4.74. The molecule has 4 rings (SSSR count). The first-order valence-electron chi connectivity index (χ1n) is 10.1. The number of hydrogen-bond donors (Lipinski definition) is 1. The molecule has 2 aromatic rings. The fourth-order valence-electron chi connectivity index (χ4n) is 3.58. The number of ether oxygens (including phenoxy) is 2. The molecule has 166 valence electrons. The number of halogens is 3. The first kappa shape index (κ1) is 21.4. The van der Waals surface area contributed by atoms with Gasteiger partial charge in [-0.25, -0.2) is 9.97 Å². The van der Waals surface area contributed by atoms with Crippen molar-refractivity contribution in [3.05, 3.63) is 47.3 Å². The Morgan fingerprint density at radius 3 is 2.52 bits per heavy atom. The topological polar surface area (TPSA) is 76.6 Å². The molecule has 1 amide bonds. The lowest BCUT2D eigenvalue weighted by atomic mass is 10.0. The highest BCUT2D eigenvalue weighted by Crippen LogP contribution is 2.42. The Balaban J connectivity index is 1.39. The van der Waals surface area contributed by atoms with Gasteiger partial charge in [-0.05, 0) is 48.4 Å². The Labute approximate surface area is 177 Å². The highest BCUT2D eigenvalue weighted by molar-refractivity contribution is 5.94. The maximum Gasteiger partial charge on any atom is 0.573 e. The van der Waals surface area contributed by atoms with Crippen LogP contribution in [0.1, 0.15) is 46.7 Å². The summed E-state index contributed by atoms with van der Waals surface area (Å²) in [6.45, 7) is 1.39. The average molecular weight is 436 g/mol. The summed E-state index contributed by atoms with van der Waals surface area (Å²) in [5.41, 5.74) is 1.85. The summed E-state index contributed by atoms with van der Waals surface area (Å²) >= 11 is 0. The lowest BCUT2D eigenvalue weighted by Gasteiger charge is -2.40.